The van der Waals surface area contributed by atoms with Crippen molar-refractivity contribution >= 4 is 16.1 Å². The fourth-order valence-corrected chi connectivity index (χ4v) is 2.06. The zero-order valence-electron chi connectivity index (χ0n) is 8.54. The largest absolute Gasteiger partial charge is 0.303 e. The van der Waals surface area contributed by atoms with Crippen LogP contribution in [0, 0.1) is 11.6 Å². The standard InChI is InChI=1S/C10H10F2O3S/c1-16(14,15)9-5-4-8(11)7(10(9)12)3-2-6-13/h4-6H,2-3H2,1H3. The monoisotopic (exact) mass is 248 g/mol. The highest BCUT2D eigenvalue weighted by Crippen LogP contribution is 2.21. The molecule has 0 aliphatic carbocycles. The number of carbonyl (C=O) groups excluding carboxylic acids is 1. The van der Waals surface area contributed by atoms with Crippen LogP contribution in [0.2, 0.25) is 0 Å². The number of halogens is 2. The molecule has 1 aromatic rings. The molecule has 6 heteroatoms. The van der Waals surface area contributed by atoms with Crippen LogP contribution in [-0.4, -0.2) is 21.0 Å². The van der Waals surface area contributed by atoms with E-state index in [1.54, 1.807) is 0 Å². The zero-order chi connectivity index (χ0) is 12.3. The molecule has 88 valence electrons. The first-order chi connectivity index (χ1) is 7.38. The number of hydrogen-bond donors (Lipinski definition) is 0. The van der Waals surface area contributed by atoms with Crippen LogP contribution in [0.15, 0.2) is 17.0 Å². The smallest absolute Gasteiger partial charge is 0.178 e. The minimum absolute atomic E-state index is 0.0545. The minimum Gasteiger partial charge on any atom is -0.303 e. The second-order valence-electron chi connectivity index (χ2n) is 3.32. The van der Waals surface area contributed by atoms with E-state index in [1.165, 1.54) is 0 Å². The molecule has 0 bridgehead atoms. The van der Waals surface area contributed by atoms with Crippen LogP contribution in [-0.2, 0) is 21.1 Å². The summed E-state index contributed by atoms with van der Waals surface area (Å²) < 4.78 is 49.1. The molecule has 1 rings (SSSR count). The van der Waals surface area contributed by atoms with Crippen LogP contribution in [0.5, 0.6) is 0 Å². The van der Waals surface area contributed by atoms with Gasteiger partial charge in [0.05, 0.1) is 0 Å². The Morgan fingerprint density at radius 1 is 1.31 bits per heavy atom. The van der Waals surface area contributed by atoms with Gasteiger partial charge in [0, 0.05) is 18.2 Å². The molecule has 0 spiro atoms. The van der Waals surface area contributed by atoms with Gasteiger partial charge in [0.25, 0.3) is 0 Å². The molecule has 0 aliphatic heterocycles. The average Bonchev–Trinajstić information content (AvgIpc) is 2.15. The minimum atomic E-state index is -3.73. The summed E-state index contributed by atoms with van der Waals surface area (Å²) in [4.78, 5) is 9.57. The number of benzene rings is 1. The van der Waals surface area contributed by atoms with E-state index in [0.717, 1.165) is 18.4 Å². The summed E-state index contributed by atoms with van der Waals surface area (Å²) in [5, 5.41) is 0. The van der Waals surface area contributed by atoms with Crippen molar-refractivity contribution in [1.82, 2.24) is 0 Å². The van der Waals surface area contributed by atoms with Gasteiger partial charge in [0.1, 0.15) is 22.8 Å². The van der Waals surface area contributed by atoms with Gasteiger partial charge in [-0.3, -0.25) is 0 Å². The molecule has 0 unspecified atom stereocenters. The fraction of sp³-hybridized carbons (Fsp3) is 0.300. The Labute approximate surface area is 92.0 Å². The SMILES string of the molecule is CS(=O)(=O)c1ccc(F)c(CCC=O)c1F. The summed E-state index contributed by atoms with van der Waals surface area (Å²) in [6, 6.07) is 1.77. The van der Waals surface area contributed by atoms with Crippen LogP contribution in [0.25, 0.3) is 0 Å². The predicted molar refractivity (Wildman–Crippen MR) is 53.9 cm³/mol. The highest BCUT2D eigenvalue weighted by molar-refractivity contribution is 7.90. The number of carbonyl (C=O) groups is 1. The molecule has 0 radical (unpaired) electrons. The fourth-order valence-electron chi connectivity index (χ4n) is 1.29. The Bertz CT molecular complexity index is 509. The molecule has 3 nitrogen and oxygen atoms in total. The molecule has 0 fully saturated rings. The van der Waals surface area contributed by atoms with Crippen LogP contribution in [0.4, 0.5) is 8.78 Å². The lowest BCUT2D eigenvalue weighted by Gasteiger charge is -2.06. The van der Waals surface area contributed by atoms with Crippen LogP contribution >= 0.6 is 0 Å². The highest BCUT2D eigenvalue weighted by Gasteiger charge is 2.19. The van der Waals surface area contributed by atoms with E-state index in [9.17, 15) is 22.0 Å². The number of hydrogen-bond acceptors (Lipinski definition) is 3. The summed E-state index contributed by atoms with van der Waals surface area (Å²) in [6.45, 7) is 0. The highest BCUT2D eigenvalue weighted by atomic mass is 32.2. The molecule has 0 N–H and O–H groups in total. The van der Waals surface area contributed by atoms with Gasteiger partial charge in [0.15, 0.2) is 9.84 Å². The number of sulfone groups is 1. The topological polar surface area (TPSA) is 51.2 Å². The van der Waals surface area contributed by atoms with Crippen molar-refractivity contribution in [1.29, 1.82) is 0 Å². The summed E-state index contributed by atoms with van der Waals surface area (Å²) in [5.41, 5.74) is -0.366. The third-order valence-electron chi connectivity index (χ3n) is 2.06. The number of aldehydes is 1. The molecule has 0 atom stereocenters. The van der Waals surface area contributed by atoms with Gasteiger partial charge in [0.2, 0.25) is 0 Å². The Morgan fingerprint density at radius 3 is 2.44 bits per heavy atom. The maximum Gasteiger partial charge on any atom is 0.178 e. The summed E-state index contributed by atoms with van der Waals surface area (Å²) in [7, 11) is -3.73. The van der Waals surface area contributed by atoms with E-state index in [0.29, 0.717) is 6.29 Å². The van der Waals surface area contributed by atoms with Crippen molar-refractivity contribution < 1.29 is 22.0 Å². The van der Waals surface area contributed by atoms with E-state index in [4.69, 9.17) is 0 Å². The van der Waals surface area contributed by atoms with E-state index in [1.807, 2.05) is 0 Å². The summed E-state index contributed by atoms with van der Waals surface area (Å²) in [6.07, 6.45) is 1.16. The van der Waals surface area contributed by atoms with Crippen molar-refractivity contribution in [3.8, 4) is 0 Å². The molecule has 0 saturated heterocycles. The molecule has 0 aliphatic rings. The van der Waals surface area contributed by atoms with Crippen molar-refractivity contribution in [2.24, 2.45) is 0 Å². The molecule has 0 amide bonds. The van der Waals surface area contributed by atoms with Crippen LogP contribution in [0.3, 0.4) is 0 Å². The van der Waals surface area contributed by atoms with E-state index in [2.05, 4.69) is 0 Å². The van der Waals surface area contributed by atoms with Gasteiger partial charge in [-0.15, -0.1) is 0 Å². The molecule has 0 saturated carbocycles. The predicted octanol–water partition coefficient (Wildman–Crippen LogP) is 1.50. The van der Waals surface area contributed by atoms with Crippen molar-refractivity contribution in [2.75, 3.05) is 6.26 Å². The van der Waals surface area contributed by atoms with Crippen LogP contribution in [0.1, 0.15) is 12.0 Å². The van der Waals surface area contributed by atoms with Gasteiger partial charge in [-0.1, -0.05) is 0 Å². The molecule has 16 heavy (non-hydrogen) atoms. The maximum atomic E-state index is 13.6. The van der Waals surface area contributed by atoms with Gasteiger partial charge < -0.3 is 4.79 Å². The second-order valence-corrected chi connectivity index (χ2v) is 5.30. The maximum absolute atomic E-state index is 13.6. The van der Waals surface area contributed by atoms with Crippen molar-refractivity contribution in [3.05, 3.63) is 29.3 Å². The van der Waals surface area contributed by atoms with E-state index < -0.39 is 26.4 Å². The Hall–Kier alpha value is -1.30. The average molecular weight is 248 g/mol. The molecular formula is C10H10F2O3S. The quantitative estimate of drug-likeness (QED) is 0.599. The van der Waals surface area contributed by atoms with Gasteiger partial charge in [-0.2, -0.15) is 0 Å². The third-order valence-corrected chi connectivity index (χ3v) is 3.18. The van der Waals surface area contributed by atoms with Gasteiger partial charge >= 0.3 is 0 Å². The molecule has 1 aromatic carbocycles. The van der Waals surface area contributed by atoms with Gasteiger partial charge in [-0.25, -0.2) is 17.2 Å². The first-order valence-electron chi connectivity index (χ1n) is 4.48. The third kappa shape index (κ3) is 2.63. The first-order valence-corrected chi connectivity index (χ1v) is 6.37. The zero-order valence-corrected chi connectivity index (χ0v) is 9.35. The summed E-state index contributed by atoms with van der Waals surface area (Å²) >= 11 is 0. The lowest BCUT2D eigenvalue weighted by molar-refractivity contribution is -0.107. The first kappa shape index (κ1) is 12.8. The molecule has 0 heterocycles. The van der Waals surface area contributed by atoms with Crippen molar-refractivity contribution in [3.63, 3.8) is 0 Å². The normalized spacial score (nSPS) is 11.4. The van der Waals surface area contributed by atoms with E-state index in [-0.39, 0.29) is 18.4 Å². The Kier molecular flexibility index (Phi) is 3.74. The van der Waals surface area contributed by atoms with Gasteiger partial charge in [-0.05, 0) is 18.6 Å². The van der Waals surface area contributed by atoms with E-state index >= 15 is 0 Å². The number of rotatable bonds is 4. The second kappa shape index (κ2) is 4.69. The molecule has 0 aromatic heterocycles. The summed E-state index contributed by atoms with van der Waals surface area (Å²) in [5.74, 6) is -1.95. The lowest BCUT2D eigenvalue weighted by atomic mass is 10.1. The van der Waals surface area contributed by atoms with Crippen molar-refractivity contribution in [2.45, 2.75) is 17.7 Å². The Morgan fingerprint density at radius 2 is 1.94 bits per heavy atom. The van der Waals surface area contributed by atoms with Crippen LogP contribution < -0.4 is 0 Å². The Balaban J connectivity index is 3.32. The molecular weight excluding hydrogens is 238 g/mol. The lowest BCUT2D eigenvalue weighted by Crippen LogP contribution is -2.06.